The van der Waals surface area contributed by atoms with Gasteiger partial charge in [-0.2, -0.15) is 0 Å². The molecule has 0 bridgehead atoms. The number of nitrogens with two attached hydrogens (primary N) is 2. The first-order chi connectivity index (χ1) is 7.00. The van der Waals surface area contributed by atoms with E-state index in [0.29, 0.717) is 0 Å². The Kier molecular flexibility index (Phi) is 3.08. The molecule has 5 heteroatoms. The van der Waals surface area contributed by atoms with Crippen molar-refractivity contribution < 1.29 is 14.6 Å². The van der Waals surface area contributed by atoms with Crippen molar-refractivity contribution in [2.45, 2.75) is 5.66 Å². The van der Waals surface area contributed by atoms with E-state index in [0.717, 1.165) is 6.26 Å². The molecule has 0 spiro atoms. The van der Waals surface area contributed by atoms with Crippen LogP contribution in [0.15, 0.2) is 37.1 Å². The van der Waals surface area contributed by atoms with Crippen LogP contribution in [0.5, 0.6) is 5.75 Å². The molecule has 5 N–H and O–H groups in total. The first kappa shape index (κ1) is 11.2. The van der Waals surface area contributed by atoms with Crippen molar-refractivity contribution in [2.24, 2.45) is 11.5 Å². The quantitative estimate of drug-likeness (QED) is 0.373. The Morgan fingerprint density at radius 2 is 2.07 bits per heavy atom. The highest BCUT2D eigenvalue weighted by Crippen LogP contribution is 2.24. The van der Waals surface area contributed by atoms with E-state index in [4.69, 9.17) is 11.5 Å². The molecule has 0 fully saturated rings. The zero-order chi connectivity index (χ0) is 11.5. The Morgan fingerprint density at radius 3 is 2.60 bits per heavy atom. The summed E-state index contributed by atoms with van der Waals surface area (Å²) in [5, 5.41) is 9.47. The van der Waals surface area contributed by atoms with E-state index in [1.54, 1.807) is 12.1 Å². The van der Waals surface area contributed by atoms with Gasteiger partial charge in [0.1, 0.15) is 5.75 Å². The zero-order valence-electron chi connectivity index (χ0n) is 8.01. The summed E-state index contributed by atoms with van der Waals surface area (Å²) in [4.78, 5) is 11.4. The number of hydrogen-bond donors (Lipinski definition) is 3. The average molecular weight is 208 g/mol. The fourth-order valence-electron chi connectivity index (χ4n) is 1.11. The van der Waals surface area contributed by atoms with Crippen molar-refractivity contribution in [3.05, 3.63) is 42.7 Å². The molecular weight excluding hydrogens is 196 g/mol. The van der Waals surface area contributed by atoms with Gasteiger partial charge in [0.15, 0.2) is 5.66 Å². The average Bonchev–Trinajstić information content (AvgIpc) is 2.18. The van der Waals surface area contributed by atoms with Crippen LogP contribution in [0, 0.1) is 0 Å². The van der Waals surface area contributed by atoms with Gasteiger partial charge < -0.3 is 21.3 Å². The minimum atomic E-state index is -1.89. The van der Waals surface area contributed by atoms with E-state index in [1.807, 2.05) is 0 Å². The van der Waals surface area contributed by atoms with Crippen LogP contribution in [0.1, 0.15) is 5.56 Å². The third-order valence-electron chi connectivity index (χ3n) is 1.88. The van der Waals surface area contributed by atoms with E-state index in [9.17, 15) is 9.90 Å². The van der Waals surface area contributed by atoms with Crippen molar-refractivity contribution >= 4 is 5.97 Å². The summed E-state index contributed by atoms with van der Waals surface area (Å²) < 4.78 is 4.48. The third-order valence-corrected chi connectivity index (χ3v) is 1.88. The van der Waals surface area contributed by atoms with E-state index in [1.165, 1.54) is 12.1 Å². The Hall–Kier alpha value is -1.85. The Labute approximate surface area is 87.0 Å². The number of hydrogen-bond acceptors (Lipinski definition) is 5. The molecule has 80 valence electrons. The van der Waals surface area contributed by atoms with E-state index < -0.39 is 11.6 Å². The summed E-state index contributed by atoms with van der Waals surface area (Å²) in [6.45, 7) is 3.21. The lowest BCUT2D eigenvalue weighted by atomic mass is 10.0. The number of esters is 1. The summed E-state index contributed by atoms with van der Waals surface area (Å²) in [5.74, 6) is -1.05. The molecule has 0 atom stereocenters. The van der Waals surface area contributed by atoms with Gasteiger partial charge in [0.25, 0.3) is 0 Å². The summed E-state index contributed by atoms with van der Waals surface area (Å²) in [5.41, 5.74) is 9.33. The normalized spacial score (nSPS) is 10.8. The molecule has 15 heavy (non-hydrogen) atoms. The molecule has 0 aliphatic rings. The largest absolute Gasteiger partial charge is 0.508 e. The van der Waals surface area contributed by atoms with Gasteiger partial charge in [0, 0.05) is 5.56 Å². The first-order valence-electron chi connectivity index (χ1n) is 4.18. The van der Waals surface area contributed by atoms with Crippen molar-refractivity contribution in [3.63, 3.8) is 0 Å². The third kappa shape index (κ3) is 2.15. The number of aromatic hydroxyl groups is 1. The molecule has 1 rings (SSSR count). The lowest BCUT2D eigenvalue weighted by molar-refractivity contribution is -0.144. The number of carbonyl (C=O) groups excluding carboxylic acids is 1. The number of phenols is 1. The number of para-hydroxylation sites is 1. The molecule has 1 aromatic rings. The number of ether oxygens (including phenoxy) is 1. The lowest BCUT2D eigenvalue weighted by Crippen LogP contribution is -2.53. The molecular formula is C10H12N2O3. The predicted octanol–water partition coefficient (Wildman–Crippen LogP) is 0.149. The molecule has 0 saturated carbocycles. The highest BCUT2D eigenvalue weighted by Gasteiger charge is 2.35. The van der Waals surface area contributed by atoms with E-state index in [-0.39, 0.29) is 11.3 Å². The second-order valence-corrected chi connectivity index (χ2v) is 2.96. The molecule has 5 nitrogen and oxygen atoms in total. The van der Waals surface area contributed by atoms with Crippen LogP contribution in [0.4, 0.5) is 0 Å². The smallest absolute Gasteiger partial charge is 0.350 e. The lowest BCUT2D eigenvalue weighted by Gasteiger charge is -2.22. The topological polar surface area (TPSA) is 98.6 Å². The van der Waals surface area contributed by atoms with Crippen molar-refractivity contribution in [2.75, 3.05) is 0 Å². The van der Waals surface area contributed by atoms with Crippen LogP contribution in [0.2, 0.25) is 0 Å². The molecule has 0 saturated heterocycles. The first-order valence-corrected chi connectivity index (χ1v) is 4.18. The molecule has 0 heterocycles. The van der Waals surface area contributed by atoms with Gasteiger partial charge in [-0.05, 0) is 6.07 Å². The summed E-state index contributed by atoms with van der Waals surface area (Å²) in [6.07, 6.45) is 0.927. The number of carbonyl (C=O) groups is 1. The fourth-order valence-corrected chi connectivity index (χ4v) is 1.11. The fraction of sp³-hybridized carbons (Fsp3) is 0.100. The van der Waals surface area contributed by atoms with Crippen molar-refractivity contribution in [3.8, 4) is 5.75 Å². The van der Waals surface area contributed by atoms with Gasteiger partial charge in [-0.15, -0.1) is 0 Å². The zero-order valence-corrected chi connectivity index (χ0v) is 8.01. The molecule has 0 unspecified atom stereocenters. The predicted molar refractivity (Wildman–Crippen MR) is 54.4 cm³/mol. The standard InChI is InChI=1S/C10H12N2O3/c1-2-15-9(14)10(11,12)7-5-3-4-6-8(7)13/h2-6,13H,1,11-12H2. The minimum Gasteiger partial charge on any atom is -0.508 e. The summed E-state index contributed by atoms with van der Waals surface area (Å²) in [7, 11) is 0. The van der Waals surface area contributed by atoms with Gasteiger partial charge >= 0.3 is 5.97 Å². The van der Waals surface area contributed by atoms with Crippen molar-refractivity contribution in [1.82, 2.24) is 0 Å². The Balaban J connectivity index is 3.10. The van der Waals surface area contributed by atoms with Gasteiger partial charge in [-0.1, -0.05) is 24.8 Å². The van der Waals surface area contributed by atoms with Gasteiger partial charge in [0.2, 0.25) is 0 Å². The molecule has 1 aromatic carbocycles. The summed E-state index contributed by atoms with van der Waals surface area (Å²) >= 11 is 0. The van der Waals surface area contributed by atoms with E-state index in [2.05, 4.69) is 11.3 Å². The summed E-state index contributed by atoms with van der Waals surface area (Å²) in [6, 6.07) is 6.02. The maximum atomic E-state index is 11.4. The second kappa shape index (κ2) is 4.12. The van der Waals surface area contributed by atoms with Crippen LogP contribution < -0.4 is 11.5 Å². The number of benzene rings is 1. The van der Waals surface area contributed by atoms with Crippen LogP contribution in [-0.2, 0) is 15.2 Å². The molecule has 0 aliphatic carbocycles. The molecule has 0 aliphatic heterocycles. The Bertz CT molecular complexity index is 388. The second-order valence-electron chi connectivity index (χ2n) is 2.96. The highest BCUT2D eigenvalue weighted by atomic mass is 16.5. The van der Waals surface area contributed by atoms with Gasteiger partial charge in [-0.3, -0.25) is 0 Å². The SMILES string of the molecule is C=COC(=O)C(N)(N)c1ccccc1O. The van der Waals surface area contributed by atoms with Crippen LogP contribution in [-0.4, -0.2) is 11.1 Å². The Morgan fingerprint density at radius 1 is 1.47 bits per heavy atom. The monoisotopic (exact) mass is 208 g/mol. The highest BCUT2D eigenvalue weighted by molar-refractivity contribution is 5.82. The maximum Gasteiger partial charge on any atom is 0.350 e. The van der Waals surface area contributed by atoms with Crippen molar-refractivity contribution in [1.29, 1.82) is 0 Å². The molecule has 0 amide bonds. The number of rotatable bonds is 3. The molecule has 0 radical (unpaired) electrons. The number of phenolic OH excluding ortho intramolecular Hbond substituents is 1. The van der Waals surface area contributed by atoms with Crippen LogP contribution in [0.25, 0.3) is 0 Å². The van der Waals surface area contributed by atoms with Gasteiger partial charge in [-0.25, -0.2) is 4.79 Å². The minimum absolute atomic E-state index is 0.0943. The van der Waals surface area contributed by atoms with Crippen LogP contribution >= 0.6 is 0 Å². The van der Waals surface area contributed by atoms with E-state index >= 15 is 0 Å². The maximum absolute atomic E-state index is 11.4. The van der Waals surface area contributed by atoms with Gasteiger partial charge in [0.05, 0.1) is 6.26 Å². The molecule has 0 aromatic heterocycles. The van der Waals surface area contributed by atoms with Crippen LogP contribution in [0.3, 0.4) is 0 Å².